The molecule has 30 heavy (non-hydrogen) atoms. The number of likely N-dealkylation sites (tertiary alicyclic amines) is 1. The predicted octanol–water partition coefficient (Wildman–Crippen LogP) is 4.71. The average molecular weight is 423 g/mol. The Hall–Kier alpha value is -2.31. The fraction of sp³-hybridized carbons (Fsp3) is 0.417. The Morgan fingerprint density at radius 3 is 2.37 bits per heavy atom. The first-order valence-electron chi connectivity index (χ1n) is 10.7. The summed E-state index contributed by atoms with van der Waals surface area (Å²) in [5, 5.41) is 10.0. The van der Waals surface area contributed by atoms with E-state index in [0.717, 1.165) is 48.7 Å². The summed E-state index contributed by atoms with van der Waals surface area (Å²) in [6, 6.07) is 16.8. The molecule has 0 unspecified atom stereocenters. The molecule has 0 aliphatic carbocycles. The second-order valence-corrected chi connectivity index (χ2v) is 8.93. The molecule has 1 aromatic heterocycles. The van der Waals surface area contributed by atoms with Crippen LogP contribution >= 0.6 is 11.8 Å². The minimum absolute atomic E-state index is 0.649. The molecule has 2 aromatic carbocycles. The summed E-state index contributed by atoms with van der Waals surface area (Å²) < 4.78 is 8.35. The molecule has 0 amide bonds. The first-order chi connectivity index (χ1) is 14.7. The Balaban J connectivity index is 1.43. The molecule has 1 aliphatic heterocycles. The van der Waals surface area contributed by atoms with Crippen LogP contribution in [0.5, 0.6) is 5.75 Å². The van der Waals surface area contributed by atoms with Gasteiger partial charge in [0, 0.05) is 5.75 Å². The van der Waals surface area contributed by atoms with Crippen LogP contribution in [0.2, 0.25) is 0 Å². The fourth-order valence-electron chi connectivity index (χ4n) is 3.91. The van der Waals surface area contributed by atoms with Gasteiger partial charge in [0.05, 0.1) is 19.7 Å². The lowest BCUT2D eigenvalue weighted by Gasteiger charge is -2.16. The summed E-state index contributed by atoms with van der Waals surface area (Å²) in [5.41, 5.74) is 3.63. The third kappa shape index (κ3) is 5.24. The van der Waals surface area contributed by atoms with E-state index in [1.807, 2.05) is 0 Å². The van der Waals surface area contributed by atoms with Crippen molar-refractivity contribution in [3.05, 3.63) is 71.0 Å². The lowest BCUT2D eigenvalue weighted by atomic mass is 10.1. The van der Waals surface area contributed by atoms with Gasteiger partial charge in [0.25, 0.3) is 0 Å². The van der Waals surface area contributed by atoms with E-state index in [1.165, 1.54) is 29.5 Å². The van der Waals surface area contributed by atoms with Gasteiger partial charge in [0.1, 0.15) is 11.6 Å². The fourth-order valence-corrected chi connectivity index (χ4v) is 4.69. The molecular formula is C24H30N4OS. The Morgan fingerprint density at radius 1 is 0.900 bits per heavy atom. The zero-order valence-electron chi connectivity index (χ0n) is 17.9. The SMILES string of the molecule is Cc1cccc(C)c1OCCSc1nnc(CN2CCCC2)n1Cc1ccccc1. The highest BCUT2D eigenvalue weighted by atomic mass is 32.2. The number of aromatic nitrogens is 3. The molecule has 3 aromatic rings. The number of nitrogens with zero attached hydrogens (tertiary/aromatic N) is 4. The van der Waals surface area contributed by atoms with Crippen LogP contribution in [0.25, 0.3) is 0 Å². The van der Waals surface area contributed by atoms with E-state index in [1.54, 1.807) is 11.8 Å². The van der Waals surface area contributed by atoms with Gasteiger partial charge in [-0.2, -0.15) is 0 Å². The summed E-state index contributed by atoms with van der Waals surface area (Å²) in [6.45, 7) is 8.83. The third-order valence-electron chi connectivity index (χ3n) is 5.51. The Bertz CT molecular complexity index is 931. The number of para-hydroxylation sites is 1. The van der Waals surface area contributed by atoms with Gasteiger partial charge in [-0.05, 0) is 56.5 Å². The van der Waals surface area contributed by atoms with Gasteiger partial charge in [-0.1, -0.05) is 60.3 Å². The third-order valence-corrected chi connectivity index (χ3v) is 6.44. The van der Waals surface area contributed by atoms with Crippen LogP contribution in [0.1, 0.15) is 35.4 Å². The first kappa shape index (κ1) is 20.9. The van der Waals surface area contributed by atoms with Crippen molar-refractivity contribution >= 4 is 11.8 Å². The second-order valence-electron chi connectivity index (χ2n) is 7.87. The molecule has 6 heteroatoms. The quantitative estimate of drug-likeness (QED) is 0.369. The van der Waals surface area contributed by atoms with Gasteiger partial charge in [0.15, 0.2) is 5.16 Å². The van der Waals surface area contributed by atoms with Crippen LogP contribution in [-0.4, -0.2) is 45.1 Å². The molecule has 1 saturated heterocycles. The van der Waals surface area contributed by atoms with Gasteiger partial charge in [-0.25, -0.2) is 0 Å². The number of hydrogen-bond donors (Lipinski definition) is 0. The molecule has 0 bridgehead atoms. The van der Waals surface area contributed by atoms with Gasteiger partial charge in [-0.15, -0.1) is 10.2 Å². The minimum atomic E-state index is 0.649. The topological polar surface area (TPSA) is 43.2 Å². The molecule has 0 atom stereocenters. The Kier molecular flexibility index (Phi) is 7.07. The Morgan fingerprint density at radius 2 is 1.63 bits per heavy atom. The lowest BCUT2D eigenvalue weighted by Crippen LogP contribution is -2.21. The standard InChI is InChI=1S/C24H30N4OS/c1-19-9-8-10-20(2)23(19)29-15-16-30-24-26-25-22(18-27-13-6-7-14-27)28(24)17-21-11-4-3-5-12-21/h3-5,8-12H,6-7,13-18H2,1-2H3. The van der Waals surface area contributed by atoms with Crippen LogP contribution in [0, 0.1) is 13.8 Å². The average Bonchev–Trinajstić information content (AvgIpc) is 3.39. The molecule has 1 aliphatic rings. The van der Waals surface area contributed by atoms with Crippen molar-refractivity contribution in [3.63, 3.8) is 0 Å². The molecule has 0 radical (unpaired) electrons. The maximum atomic E-state index is 6.08. The zero-order valence-corrected chi connectivity index (χ0v) is 18.7. The summed E-state index contributed by atoms with van der Waals surface area (Å²) in [6.07, 6.45) is 2.56. The molecule has 0 N–H and O–H groups in total. The smallest absolute Gasteiger partial charge is 0.191 e. The Labute approximate surface area is 183 Å². The van der Waals surface area contributed by atoms with Crippen LogP contribution in [0.15, 0.2) is 53.7 Å². The molecule has 0 saturated carbocycles. The van der Waals surface area contributed by atoms with Crippen LogP contribution in [0.3, 0.4) is 0 Å². The summed E-state index contributed by atoms with van der Waals surface area (Å²) in [7, 11) is 0. The molecule has 5 nitrogen and oxygen atoms in total. The van der Waals surface area contributed by atoms with E-state index in [9.17, 15) is 0 Å². The van der Waals surface area contributed by atoms with Crippen molar-refractivity contribution in [3.8, 4) is 5.75 Å². The van der Waals surface area contributed by atoms with Gasteiger partial charge in [-0.3, -0.25) is 4.90 Å². The van der Waals surface area contributed by atoms with E-state index >= 15 is 0 Å². The maximum absolute atomic E-state index is 6.08. The monoisotopic (exact) mass is 422 g/mol. The number of ether oxygens (including phenoxy) is 1. The van der Waals surface area contributed by atoms with Crippen molar-refractivity contribution in [1.29, 1.82) is 0 Å². The van der Waals surface area contributed by atoms with E-state index in [4.69, 9.17) is 4.74 Å². The van der Waals surface area contributed by atoms with Crippen molar-refractivity contribution in [1.82, 2.24) is 19.7 Å². The van der Waals surface area contributed by atoms with Crippen LogP contribution < -0.4 is 4.74 Å². The highest BCUT2D eigenvalue weighted by molar-refractivity contribution is 7.99. The van der Waals surface area contributed by atoms with Crippen molar-refractivity contribution < 1.29 is 4.74 Å². The van der Waals surface area contributed by atoms with Crippen molar-refractivity contribution in [2.75, 3.05) is 25.4 Å². The minimum Gasteiger partial charge on any atom is -0.492 e. The summed E-state index contributed by atoms with van der Waals surface area (Å²) in [4.78, 5) is 2.48. The van der Waals surface area contributed by atoms with E-state index in [0.29, 0.717) is 6.61 Å². The molecule has 1 fully saturated rings. The molecule has 4 rings (SSSR count). The maximum Gasteiger partial charge on any atom is 0.191 e. The van der Waals surface area contributed by atoms with E-state index in [-0.39, 0.29) is 0 Å². The summed E-state index contributed by atoms with van der Waals surface area (Å²) in [5.74, 6) is 2.89. The van der Waals surface area contributed by atoms with Crippen LogP contribution in [0.4, 0.5) is 0 Å². The highest BCUT2D eigenvalue weighted by Crippen LogP contribution is 2.24. The molecule has 0 spiro atoms. The number of thioether (sulfide) groups is 1. The molecular weight excluding hydrogens is 392 g/mol. The zero-order chi connectivity index (χ0) is 20.8. The normalized spacial score (nSPS) is 14.3. The number of aryl methyl sites for hydroxylation is 2. The largest absolute Gasteiger partial charge is 0.492 e. The molecule has 2 heterocycles. The number of hydrogen-bond acceptors (Lipinski definition) is 5. The van der Waals surface area contributed by atoms with E-state index in [2.05, 4.69) is 82.0 Å². The molecule has 158 valence electrons. The van der Waals surface area contributed by atoms with Crippen molar-refractivity contribution in [2.45, 2.75) is 44.9 Å². The van der Waals surface area contributed by atoms with Crippen molar-refractivity contribution in [2.24, 2.45) is 0 Å². The van der Waals surface area contributed by atoms with Gasteiger partial charge < -0.3 is 9.30 Å². The second kappa shape index (κ2) is 10.1. The van der Waals surface area contributed by atoms with Gasteiger partial charge in [0.2, 0.25) is 0 Å². The van der Waals surface area contributed by atoms with E-state index < -0.39 is 0 Å². The van der Waals surface area contributed by atoms with Gasteiger partial charge >= 0.3 is 0 Å². The highest BCUT2D eigenvalue weighted by Gasteiger charge is 2.18. The predicted molar refractivity (Wildman–Crippen MR) is 122 cm³/mol. The lowest BCUT2D eigenvalue weighted by molar-refractivity contribution is 0.316. The number of rotatable bonds is 9. The number of benzene rings is 2. The van der Waals surface area contributed by atoms with Crippen LogP contribution in [-0.2, 0) is 13.1 Å². The first-order valence-corrected chi connectivity index (χ1v) is 11.7. The summed E-state index contributed by atoms with van der Waals surface area (Å²) >= 11 is 1.72.